The number of amides is 1. The lowest BCUT2D eigenvalue weighted by molar-refractivity contribution is 0.0940. The van der Waals surface area contributed by atoms with Gasteiger partial charge in [0.05, 0.1) is 11.6 Å². The zero-order chi connectivity index (χ0) is 14.5. The fourth-order valence-electron chi connectivity index (χ4n) is 2.03. The van der Waals surface area contributed by atoms with Crippen molar-refractivity contribution in [3.05, 3.63) is 65.5 Å². The molecule has 3 nitrogen and oxygen atoms in total. The molecule has 1 amide bonds. The molecule has 2 aromatic rings. The first-order valence-corrected chi connectivity index (χ1v) is 6.45. The van der Waals surface area contributed by atoms with Crippen LogP contribution in [0.3, 0.4) is 0 Å². The predicted molar refractivity (Wildman–Crippen MR) is 78.3 cm³/mol. The molecule has 0 aliphatic carbocycles. The number of para-hydroxylation sites is 1. The van der Waals surface area contributed by atoms with Crippen molar-refractivity contribution in [2.45, 2.75) is 13.0 Å². The van der Waals surface area contributed by atoms with Gasteiger partial charge >= 0.3 is 0 Å². The number of anilines is 1. The van der Waals surface area contributed by atoms with Crippen molar-refractivity contribution in [3.63, 3.8) is 0 Å². The van der Waals surface area contributed by atoms with E-state index in [1.165, 1.54) is 12.1 Å². The molecule has 0 aromatic heterocycles. The quantitative estimate of drug-likeness (QED) is 0.896. The van der Waals surface area contributed by atoms with Crippen molar-refractivity contribution in [2.75, 3.05) is 12.4 Å². The first-order valence-electron chi connectivity index (χ1n) is 6.45. The van der Waals surface area contributed by atoms with Crippen LogP contribution in [0.4, 0.5) is 10.1 Å². The Labute approximate surface area is 117 Å². The SMILES string of the molecule is CNc1ccccc1C(=O)NC(C)c1cccc(F)c1. The summed E-state index contributed by atoms with van der Waals surface area (Å²) in [5.41, 5.74) is 2.06. The minimum absolute atomic E-state index is 0.188. The summed E-state index contributed by atoms with van der Waals surface area (Å²) in [6.07, 6.45) is 0. The van der Waals surface area contributed by atoms with E-state index in [1.807, 2.05) is 25.1 Å². The second-order valence-electron chi connectivity index (χ2n) is 4.55. The van der Waals surface area contributed by atoms with Crippen LogP contribution in [0.15, 0.2) is 48.5 Å². The topological polar surface area (TPSA) is 41.1 Å². The molecule has 2 rings (SSSR count). The van der Waals surface area contributed by atoms with Gasteiger partial charge in [-0.25, -0.2) is 4.39 Å². The lowest BCUT2D eigenvalue weighted by Crippen LogP contribution is -2.27. The van der Waals surface area contributed by atoms with Gasteiger partial charge in [0.15, 0.2) is 0 Å². The number of hydrogen-bond donors (Lipinski definition) is 2. The molecule has 2 N–H and O–H groups in total. The number of carbonyl (C=O) groups is 1. The molecule has 0 saturated heterocycles. The monoisotopic (exact) mass is 272 g/mol. The van der Waals surface area contributed by atoms with E-state index in [9.17, 15) is 9.18 Å². The Morgan fingerprint density at radius 1 is 1.15 bits per heavy atom. The summed E-state index contributed by atoms with van der Waals surface area (Å²) in [6, 6.07) is 13.2. The van der Waals surface area contributed by atoms with Gasteiger partial charge in [0.2, 0.25) is 0 Å². The Morgan fingerprint density at radius 3 is 2.60 bits per heavy atom. The fourth-order valence-corrected chi connectivity index (χ4v) is 2.03. The van der Waals surface area contributed by atoms with Crippen molar-refractivity contribution >= 4 is 11.6 Å². The highest BCUT2D eigenvalue weighted by molar-refractivity contribution is 5.99. The van der Waals surface area contributed by atoms with Crippen LogP contribution in [0.25, 0.3) is 0 Å². The number of nitrogens with one attached hydrogen (secondary N) is 2. The molecule has 0 radical (unpaired) electrons. The Hall–Kier alpha value is -2.36. The van der Waals surface area contributed by atoms with Crippen molar-refractivity contribution in [2.24, 2.45) is 0 Å². The van der Waals surface area contributed by atoms with Gasteiger partial charge < -0.3 is 10.6 Å². The Bertz CT molecular complexity index is 613. The normalized spacial score (nSPS) is 11.8. The van der Waals surface area contributed by atoms with E-state index in [4.69, 9.17) is 0 Å². The molecule has 0 bridgehead atoms. The maximum Gasteiger partial charge on any atom is 0.253 e. The summed E-state index contributed by atoms with van der Waals surface area (Å²) in [7, 11) is 1.77. The summed E-state index contributed by atoms with van der Waals surface area (Å²) >= 11 is 0. The van der Waals surface area contributed by atoms with Gasteiger partial charge in [-0.15, -0.1) is 0 Å². The third kappa shape index (κ3) is 3.15. The van der Waals surface area contributed by atoms with Crippen LogP contribution in [0, 0.1) is 5.82 Å². The lowest BCUT2D eigenvalue weighted by Gasteiger charge is -2.16. The molecule has 0 spiro atoms. The molecule has 0 aliphatic rings. The van der Waals surface area contributed by atoms with Gasteiger partial charge in [-0.1, -0.05) is 24.3 Å². The largest absolute Gasteiger partial charge is 0.387 e. The minimum atomic E-state index is -0.306. The van der Waals surface area contributed by atoms with Gasteiger partial charge in [-0.2, -0.15) is 0 Å². The standard InChI is InChI=1S/C16H17FN2O/c1-11(12-6-5-7-13(17)10-12)19-16(20)14-8-3-4-9-15(14)18-2/h3-11,18H,1-2H3,(H,19,20). The fraction of sp³-hybridized carbons (Fsp3) is 0.188. The Morgan fingerprint density at radius 2 is 1.90 bits per heavy atom. The summed E-state index contributed by atoms with van der Waals surface area (Å²) < 4.78 is 13.2. The molecule has 1 atom stereocenters. The summed E-state index contributed by atoms with van der Waals surface area (Å²) in [5.74, 6) is -0.495. The van der Waals surface area contributed by atoms with Crippen LogP contribution in [-0.4, -0.2) is 13.0 Å². The van der Waals surface area contributed by atoms with Gasteiger partial charge in [0.25, 0.3) is 5.91 Å². The Balaban J connectivity index is 2.15. The molecule has 0 fully saturated rings. The van der Waals surface area contributed by atoms with Gasteiger partial charge in [0.1, 0.15) is 5.82 Å². The molecule has 0 heterocycles. The highest BCUT2D eigenvalue weighted by Gasteiger charge is 2.14. The first kappa shape index (κ1) is 14.1. The molecule has 20 heavy (non-hydrogen) atoms. The number of hydrogen-bond acceptors (Lipinski definition) is 2. The maximum absolute atomic E-state index is 13.2. The van der Waals surface area contributed by atoms with E-state index in [2.05, 4.69) is 10.6 Å². The van der Waals surface area contributed by atoms with E-state index in [0.717, 1.165) is 11.3 Å². The van der Waals surface area contributed by atoms with Crippen molar-refractivity contribution in [3.8, 4) is 0 Å². The number of carbonyl (C=O) groups excluding carboxylic acids is 1. The predicted octanol–water partition coefficient (Wildman–Crippen LogP) is 3.36. The summed E-state index contributed by atoms with van der Waals surface area (Å²) in [5, 5.41) is 5.85. The van der Waals surface area contributed by atoms with Gasteiger partial charge in [0, 0.05) is 12.7 Å². The second-order valence-corrected chi connectivity index (χ2v) is 4.55. The summed E-state index contributed by atoms with van der Waals surface area (Å²) in [6.45, 7) is 1.83. The highest BCUT2D eigenvalue weighted by atomic mass is 19.1. The average molecular weight is 272 g/mol. The third-order valence-corrected chi connectivity index (χ3v) is 3.14. The molecule has 4 heteroatoms. The molecule has 2 aromatic carbocycles. The first-order chi connectivity index (χ1) is 9.61. The van der Waals surface area contributed by atoms with E-state index >= 15 is 0 Å². The van der Waals surface area contributed by atoms with Crippen LogP contribution in [0.5, 0.6) is 0 Å². The molecule has 1 unspecified atom stereocenters. The molecular weight excluding hydrogens is 255 g/mol. The lowest BCUT2D eigenvalue weighted by atomic mass is 10.1. The van der Waals surface area contributed by atoms with Gasteiger partial charge in [-0.05, 0) is 36.8 Å². The van der Waals surface area contributed by atoms with Crippen LogP contribution in [0.1, 0.15) is 28.9 Å². The van der Waals surface area contributed by atoms with Crippen molar-refractivity contribution in [1.29, 1.82) is 0 Å². The zero-order valence-electron chi connectivity index (χ0n) is 11.5. The van der Waals surface area contributed by atoms with E-state index < -0.39 is 0 Å². The highest BCUT2D eigenvalue weighted by Crippen LogP contribution is 2.17. The molecule has 104 valence electrons. The van der Waals surface area contributed by atoms with Crippen LogP contribution >= 0.6 is 0 Å². The summed E-state index contributed by atoms with van der Waals surface area (Å²) in [4.78, 5) is 12.2. The van der Waals surface area contributed by atoms with Crippen molar-refractivity contribution < 1.29 is 9.18 Å². The minimum Gasteiger partial charge on any atom is -0.387 e. The van der Waals surface area contributed by atoms with Gasteiger partial charge in [-0.3, -0.25) is 4.79 Å². The zero-order valence-corrected chi connectivity index (χ0v) is 11.5. The number of benzene rings is 2. The molecule has 0 aliphatic heterocycles. The number of halogens is 1. The van der Waals surface area contributed by atoms with Crippen LogP contribution < -0.4 is 10.6 Å². The van der Waals surface area contributed by atoms with Crippen molar-refractivity contribution in [1.82, 2.24) is 5.32 Å². The molecular formula is C16H17FN2O. The van der Waals surface area contributed by atoms with Crippen LogP contribution in [-0.2, 0) is 0 Å². The van der Waals surface area contributed by atoms with Crippen LogP contribution in [0.2, 0.25) is 0 Å². The smallest absolute Gasteiger partial charge is 0.253 e. The van der Waals surface area contributed by atoms with E-state index in [-0.39, 0.29) is 17.8 Å². The third-order valence-electron chi connectivity index (χ3n) is 3.14. The van der Waals surface area contributed by atoms with E-state index in [1.54, 1.807) is 25.2 Å². The molecule has 0 saturated carbocycles. The number of rotatable bonds is 4. The Kier molecular flexibility index (Phi) is 4.35. The van der Waals surface area contributed by atoms with E-state index in [0.29, 0.717) is 5.56 Å². The second kappa shape index (κ2) is 6.19. The average Bonchev–Trinajstić information content (AvgIpc) is 2.47. The maximum atomic E-state index is 13.2.